The molecule has 0 radical (unpaired) electrons. The van der Waals surface area contributed by atoms with Gasteiger partial charge in [-0.15, -0.1) is 0 Å². The van der Waals surface area contributed by atoms with Gasteiger partial charge in [-0.2, -0.15) is 13.2 Å². The first-order valence-electron chi connectivity index (χ1n) is 8.62. The van der Waals surface area contributed by atoms with Gasteiger partial charge in [0.05, 0.1) is 11.3 Å². The van der Waals surface area contributed by atoms with Gasteiger partial charge in [-0.3, -0.25) is 4.79 Å². The molecule has 27 heavy (non-hydrogen) atoms. The molecule has 1 aliphatic rings. The summed E-state index contributed by atoms with van der Waals surface area (Å²) in [5, 5.41) is 11.0. The van der Waals surface area contributed by atoms with Crippen LogP contribution >= 0.6 is 0 Å². The van der Waals surface area contributed by atoms with Crippen LogP contribution < -0.4 is 4.90 Å². The summed E-state index contributed by atoms with van der Waals surface area (Å²) in [6.07, 6.45) is -3.44. The van der Waals surface area contributed by atoms with Gasteiger partial charge in [-0.05, 0) is 30.5 Å². The molecule has 0 unspecified atom stereocenters. The van der Waals surface area contributed by atoms with Gasteiger partial charge in [0.2, 0.25) is 5.60 Å². The van der Waals surface area contributed by atoms with Crippen molar-refractivity contribution in [1.29, 1.82) is 0 Å². The number of rotatable bonds is 3. The van der Waals surface area contributed by atoms with Gasteiger partial charge in [0.25, 0.3) is 5.91 Å². The zero-order chi connectivity index (χ0) is 19.7. The van der Waals surface area contributed by atoms with Crippen LogP contribution in [0.2, 0.25) is 0 Å². The van der Waals surface area contributed by atoms with E-state index in [0.29, 0.717) is 18.4 Å². The maximum atomic E-state index is 13.5. The Labute approximate surface area is 155 Å². The normalized spacial score (nSPS) is 18.9. The number of halogens is 3. The van der Waals surface area contributed by atoms with Crippen LogP contribution in [0.25, 0.3) is 0 Å². The summed E-state index contributed by atoms with van der Waals surface area (Å²) in [5.41, 5.74) is -3.11. The third-order valence-electron chi connectivity index (χ3n) is 4.45. The summed E-state index contributed by atoms with van der Waals surface area (Å²) in [6.45, 7) is 1.96. The monoisotopic (exact) mass is 373 g/mol. The Hall–Kier alpha value is -2.78. The number of alkyl halides is 3. The molecule has 2 aromatic carbocycles. The predicted molar refractivity (Wildman–Crippen MR) is 95.9 cm³/mol. The van der Waals surface area contributed by atoms with Gasteiger partial charge < -0.3 is 10.0 Å². The number of unbranched alkanes of at least 4 members (excludes halogenated alkanes) is 1. The number of hydrogen-bond acceptors (Lipinski definition) is 2. The summed E-state index contributed by atoms with van der Waals surface area (Å²) >= 11 is 0. The zero-order valence-corrected chi connectivity index (χ0v) is 14.7. The Kier molecular flexibility index (Phi) is 4.99. The quantitative estimate of drug-likeness (QED) is 0.824. The molecule has 0 bridgehead atoms. The molecule has 1 atom stereocenters. The first-order chi connectivity index (χ1) is 12.8. The Morgan fingerprint density at radius 2 is 1.81 bits per heavy atom. The number of anilines is 1. The molecular formula is C21H18F3NO2. The second-order valence-electron chi connectivity index (χ2n) is 6.34. The summed E-state index contributed by atoms with van der Waals surface area (Å²) < 4.78 is 40.5. The van der Waals surface area contributed by atoms with Crippen molar-refractivity contribution in [3.8, 4) is 11.8 Å². The standard InChI is InChI=1S/C21H18F3NO2/c1-2-3-14-25-18-16(10-7-11-17(18)21(22,23)24)20(27,19(25)26)13-12-15-8-5-4-6-9-15/h4-11,27H,2-3,14H2,1H3/t20-/m0/s1. The second-order valence-corrected chi connectivity index (χ2v) is 6.34. The maximum Gasteiger partial charge on any atom is 0.418 e. The maximum absolute atomic E-state index is 13.5. The van der Waals surface area contributed by atoms with Gasteiger partial charge in [-0.1, -0.05) is 49.6 Å². The fraction of sp³-hybridized carbons (Fsp3) is 0.286. The molecule has 0 fully saturated rings. The fourth-order valence-electron chi connectivity index (χ4n) is 3.10. The van der Waals surface area contributed by atoms with Crippen LogP contribution in [0.5, 0.6) is 0 Å². The van der Waals surface area contributed by atoms with E-state index in [0.717, 1.165) is 11.0 Å². The van der Waals surface area contributed by atoms with E-state index in [-0.39, 0.29) is 17.8 Å². The number of carbonyl (C=O) groups is 1. The molecule has 1 aliphatic heterocycles. The lowest BCUT2D eigenvalue weighted by Crippen LogP contribution is -2.40. The smallest absolute Gasteiger partial charge is 0.366 e. The van der Waals surface area contributed by atoms with E-state index in [1.807, 2.05) is 6.92 Å². The number of hydrogen-bond donors (Lipinski definition) is 1. The predicted octanol–water partition coefficient (Wildman–Crippen LogP) is 4.09. The highest BCUT2D eigenvalue weighted by Gasteiger charge is 2.52. The van der Waals surface area contributed by atoms with Crippen molar-refractivity contribution >= 4 is 11.6 Å². The summed E-state index contributed by atoms with van der Waals surface area (Å²) in [4.78, 5) is 13.9. The Morgan fingerprint density at radius 3 is 2.44 bits per heavy atom. The van der Waals surface area contributed by atoms with Gasteiger partial charge in [0.1, 0.15) is 0 Å². The van der Waals surface area contributed by atoms with Crippen LogP contribution in [-0.4, -0.2) is 17.6 Å². The minimum atomic E-state index is -4.64. The largest absolute Gasteiger partial charge is 0.418 e. The van der Waals surface area contributed by atoms with Crippen molar-refractivity contribution < 1.29 is 23.1 Å². The van der Waals surface area contributed by atoms with E-state index in [1.165, 1.54) is 12.1 Å². The highest BCUT2D eigenvalue weighted by atomic mass is 19.4. The van der Waals surface area contributed by atoms with E-state index in [1.54, 1.807) is 30.3 Å². The Bertz CT molecular complexity index is 913. The second kappa shape index (κ2) is 7.09. The molecule has 0 saturated carbocycles. The van der Waals surface area contributed by atoms with E-state index in [9.17, 15) is 23.1 Å². The van der Waals surface area contributed by atoms with Crippen LogP contribution in [0.3, 0.4) is 0 Å². The molecule has 0 aliphatic carbocycles. The van der Waals surface area contributed by atoms with E-state index >= 15 is 0 Å². The molecule has 1 N–H and O–H groups in total. The van der Waals surface area contributed by atoms with Gasteiger partial charge in [0.15, 0.2) is 0 Å². The van der Waals surface area contributed by atoms with E-state index in [2.05, 4.69) is 11.8 Å². The number of aliphatic hydroxyl groups is 1. The third-order valence-corrected chi connectivity index (χ3v) is 4.45. The molecule has 6 heteroatoms. The highest BCUT2D eigenvalue weighted by molar-refractivity contribution is 6.10. The van der Waals surface area contributed by atoms with Crippen LogP contribution in [-0.2, 0) is 16.6 Å². The topological polar surface area (TPSA) is 40.5 Å². The summed E-state index contributed by atoms with van der Waals surface area (Å²) in [6, 6.07) is 12.1. The summed E-state index contributed by atoms with van der Waals surface area (Å²) in [7, 11) is 0. The van der Waals surface area contributed by atoms with Gasteiger partial charge >= 0.3 is 6.18 Å². The molecule has 1 amide bonds. The number of para-hydroxylation sites is 1. The van der Waals surface area contributed by atoms with Gasteiger partial charge in [0, 0.05) is 17.7 Å². The number of fused-ring (bicyclic) bond motifs is 1. The van der Waals surface area contributed by atoms with Crippen molar-refractivity contribution in [3.63, 3.8) is 0 Å². The van der Waals surface area contributed by atoms with Crippen molar-refractivity contribution in [1.82, 2.24) is 0 Å². The first-order valence-corrected chi connectivity index (χ1v) is 8.62. The highest BCUT2D eigenvalue weighted by Crippen LogP contribution is 2.47. The molecule has 3 nitrogen and oxygen atoms in total. The zero-order valence-electron chi connectivity index (χ0n) is 14.7. The number of amides is 1. The van der Waals surface area contributed by atoms with Gasteiger partial charge in [-0.25, -0.2) is 0 Å². The lowest BCUT2D eigenvalue weighted by atomic mass is 9.94. The Morgan fingerprint density at radius 1 is 1.11 bits per heavy atom. The lowest BCUT2D eigenvalue weighted by molar-refractivity contribution is -0.137. The van der Waals surface area contributed by atoms with E-state index in [4.69, 9.17) is 0 Å². The SMILES string of the molecule is CCCCN1C(=O)[C@](O)(C#Cc2ccccc2)c2cccc(C(F)(F)F)c21. The lowest BCUT2D eigenvalue weighted by Gasteiger charge is -2.21. The fourth-order valence-corrected chi connectivity index (χ4v) is 3.10. The van der Waals surface area contributed by atoms with E-state index < -0.39 is 23.2 Å². The van der Waals surface area contributed by atoms with Crippen LogP contribution in [0.15, 0.2) is 48.5 Å². The van der Waals surface area contributed by atoms with Crippen molar-refractivity contribution in [2.75, 3.05) is 11.4 Å². The van der Waals surface area contributed by atoms with Crippen LogP contribution in [0.1, 0.15) is 36.5 Å². The van der Waals surface area contributed by atoms with Crippen molar-refractivity contribution in [2.24, 2.45) is 0 Å². The number of benzene rings is 2. The Balaban J connectivity index is 2.16. The molecule has 1 heterocycles. The summed E-state index contributed by atoms with van der Waals surface area (Å²) in [5.74, 6) is 4.38. The minimum Gasteiger partial charge on any atom is -0.366 e. The molecular weight excluding hydrogens is 355 g/mol. The number of nitrogens with zero attached hydrogens (tertiary/aromatic N) is 1. The minimum absolute atomic E-state index is 0.0880. The van der Waals surface area contributed by atoms with Crippen molar-refractivity contribution in [2.45, 2.75) is 31.5 Å². The first kappa shape index (κ1) is 19.0. The van der Waals surface area contributed by atoms with Crippen LogP contribution in [0.4, 0.5) is 18.9 Å². The average molecular weight is 373 g/mol. The number of carbonyl (C=O) groups excluding carboxylic acids is 1. The third kappa shape index (κ3) is 3.43. The van der Waals surface area contributed by atoms with Crippen LogP contribution in [0, 0.1) is 11.8 Å². The molecule has 0 aromatic heterocycles. The molecule has 140 valence electrons. The average Bonchev–Trinajstić information content (AvgIpc) is 2.86. The molecule has 2 aromatic rings. The molecule has 0 saturated heterocycles. The molecule has 0 spiro atoms. The van der Waals surface area contributed by atoms with Crippen molar-refractivity contribution in [3.05, 3.63) is 65.2 Å². The molecule has 3 rings (SSSR count).